The largest absolute Gasteiger partial charge is 0.354 e. The molecule has 2 heterocycles. The van der Waals surface area contributed by atoms with Crippen LogP contribution in [-0.2, 0) is 4.79 Å². The average molecular weight is 273 g/mol. The lowest BCUT2D eigenvalue weighted by Crippen LogP contribution is -2.17. The highest BCUT2D eigenvalue weighted by atomic mass is 16.1. The fraction of sp³-hybridized carbons (Fsp3) is 0.417. The van der Waals surface area contributed by atoms with Crippen molar-refractivity contribution in [3.05, 3.63) is 24.3 Å². The van der Waals surface area contributed by atoms with Crippen molar-refractivity contribution >= 4 is 17.8 Å². The highest BCUT2D eigenvalue weighted by Gasteiger charge is 2.27. The van der Waals surface area contributed by atoms with E-state index >= 15 is 0 Å². The molecule has 0 aliphatic heterocycles. The third kappa shape index (κ3) is 3.28. The van der Waals surface area contributed by atoms with E-state index in [1.807, 2.05) is 0 Å². The number of amides is 1. The van der Waals surface area contributed by atoms with E-state index in [1.165, 1.54) is 0 Å². The van der Waals surface area contributed by atoms with Gasteiger partial charge < -0.3 is 5.32 Å². The molecule has 1 fully saturated rings. The van der Waals surface area contributed by atoms with Gasteiger partial charge in [0.25, 0.3) is 0 Å². The number of nitrogens with zero attached hydrogens (tertiary/aromatic N) is 4. The predicted octanol–water partition coefficient (Wildman–Crippen LogP) is 0.913. The zero-order valence-electron chi connectivity index (χ0n) is 10.8. The van der Waals surface area contributed by atoms with Gasteiger partial charge >= 0.3 is 0 Å². The highest BCUT2D eigenvalue weighted by Crippen LogP contribution is 2.38. The molecule has 104 valence electrons. The number of hydrogen-bond donors (Lipinski definition) is 3. The summed E-state index contributed by atoms with van der Waals surface area (Å²) in [6, 6.07) is 1.73. The van der Waals surface area contributed by atoms with Gasteiger partial charge in [0.15, 0.2) is 0 Å². The molecule has 20 heavy (non-hydrogen) atoms. The Morgan fingerprint density at radius 1 is 1.30 bits per heavy atom. The molecular formula is C12H15N7O. The van der Waals surface area contributed by atoms with E-state index in [2.05, 4.69) is 35.8 Å². The normalized spacial score (nSPS) is 14.0. The summed E-state index contributed by atoms with van der Waals surface area (Å²) in [4.78, 5) is 24.0. The minimum Gasteiger partial charge on any atom is -0.354 e. The fourth-order valence-corrected chi connectivity index (χ4v) is 1.73. The monoisotopic (exact) mass is 273 g/mol. The molecule has 0 radical (unpaired) electrons. The van der Waals surface area contributed by atoms with Crippen LogP contribution in [0.1, 0.15) is 31.0 Å². The van der Waals surface area contributed by atoms with E-state index in [0.717, 1.165) is 18.7 Å². The van der Waals surface area contributed by atoms with Crippen molar-refractivity contribution in [2.24, 2.45) is 0 Å². The number of aromatic amines is 1. The van der Waals surface area contributed by atoms with Crippen LogP contribution in [0.25, 0.3) is 0 Å². The molecule has 1 amide bonds. The van der Waals surface area contributed by atoms with Crippen molar-refractivity contribution in [3.63, 3.8) is 0 Å². The number of carbonyl (C=O) groups excluding carboxylic acids is 1. The van der Waals surface area contributed by atoms with Crippen LogP contribution in [0.3, 0.4) is 0 Å². The minimum absolute atomic E-state index is 0.144. The lowest BCUT2D eigenvalue weighted by molar-refractivity contribution is -0.116. The molecule has 0 saturated heterocycles. The number of nitrogens with one attached hydrogen (secondary N) is 3. The Morgan fingerprint density at radius 2 is 2.10 bits per heavy atom. The van der Waals surface area contributed by atoms with Gasteiger partial charge in [0.2, 0.25) is 17.8 Å². The van der Waals surface area contributed by atoms with Crippen LogP contribution in [0.5, 0.6) is 0 Å². The maximum atomic E-state index is 11.7. The molecule has 8 heteroatoms. The number of hydrogen-bond acceptors (Lipinski definition) is 6. The average Bonchev–Trinajstić information content (AvgIpc) is 3.21. The zero-order valence-corrected chi connectivity index (χ0v) is 10.8. The van der Waals surface area contributed by atoms with Crippen molar-refractivity contribution in [3.8, 4) is 0 Å². The van der Waals surface area contributed by atoms with Crippen molar-refractivity contribution in [2.45, 2.75) is 25.2 Å². The standard InChI is InChI=1S/C12H15N7O/c20-9(4-7-15-11-13-5-1-6-14-11)16-12-17-10(18-19-12)8-2-3-8/h1,5-6,8H,2-4,7H2,(H,13,14,15)(H2,16,17,18,19,20). The molecule has 0 unspecified atom stereocenters. The quantitative estimate of drug-likeness (QED) is 0.722. The fourth-order valence-electron chi connectivity index (χ4n) is 1.73. The van der Waals surface area contributed by atoms with E-state index < -0.39 is 0 Å². The number of rotatable bonds is 6. The molecule has 0 bridgehead atoms. The van der Waals surface area contributed by atoms with E-state index in [9.17, 15) is 4.79 Å². The zero-order chi connectivity index (χ0) is 13.8. The van der Waals surface area contributed by atoms with Gasteiger partial charge in [-0.1, -0.05) is 0 Å². The first-order valence-electron chi connectivity index (χ1n) is 6.54. The Morgan fingerprint density at radius 3 is 2.85 bits per heavy atom. The van der Waals surface area contributed by atoms with Crippen molar-refractivity contribution in [1.29, 1.82) is 0 Å². The van der Waals surface area contributed by atoms with Gasteiger partial charge in [-0.05, 0) is 18.9 Å². The third-order valence-electron chi connectivity index (χ3n) is 2.92. The molecule has 0 atom stereocenters. The van der Waals surface area contributed by atoms with Gasteiger partial charge in [-0.3, -0.25) is 15.2 Å². The summed E-state index contributed by atoms with van der Waals surface area (Å²) in [6.45, 7) is 0.454. The topological polar surface area (TPSA) is 108 Å². The summed E-state index contributed by atoms with van der Waals surface area (Å²) < 4.78 is 0. The summed E-state index contributed by atoms with van der Waals surface area (Å²) in [5.74, 6) is 2.05. The molecule has 0 aromatic carbocycles. The lowest BCUT2D eigenvalue weighted by Gasteiger charge is -2.03. The second-order valence-corrected chi connectivity index (χ2v) is 4.62. The molecule has 3 rings (SSSR count). The van der Waals surface area contributed by atoms with Crippen molar-refractivity contribution in [2.75, 3.05) is 17.2 Å². The second kappa shape index (κ2) is 5.64. The van der Waals surface area contributed by atoms with Crippen LogP contribution in [0.15, 0.2) is 18.5 Å². The SMILES string of the molecule is O=C(CCNc1ncccn1)Nc1n[nH]c(C2CC2)n1. The van der Waals surface area contributed by atoms with Crippen LogP contribution in [0.4, 0.5) is 11.9 Å². The summed E-state index contributed by atoms with van der Waals surface area (Å²) in [6.07, 6.45) is 5.86. The first kappa shape index (κ1) is 12.5. The number of aromatic nitrogens is 5. The number of carbonyl (C=O) groups is 1. The van der Waals surface area contributed by atoms with E-state index in [0.29, 0.717) is 30.8 Å². The summed E-state index contributed by atoms with van der Waals surface area (Å²) in [5, 5.41) is 12.4. The van der Waals surface area contributed by atoms with Crippen LogP contribution in [-0.4, -0.2) is 37.6 Å². The van der Waals surface area contributed by atoms with E-state index in [4.69, 9.17) is 0 Å². The predicted molar refractivity (Wildman–Crippen MR) is 72.1 cm³/mol. The Balaban J connectivity index is 1.42. The summed E-state index contributed by atoms with van der Waals surface area (Å²) >= 11 is 0. The molecule has 8 nitrogen and oxygen atoms in total. The van der Waals surface area contributed by atoms with Gasteiger partial charge in [-0.25, -0.2) is 9.97 Å². The summed E-state index contributed by atoms with van der Waals surface area (Å²) in [5.41, 5.74) is 0. The van der Waals surface area contributed by atoms with Gasteiger partial charge in [0, 0.05) is 31.3 Å². The first-order chi connectivity index (χ1) is 9.81. The molecule has 2 aromatic heterocycles. The number of H-pyrrole nitrogens is 1. The van der Waals surface area contributed by atoms with E-state index in [-0.39, 0.29) is 5.91 Å². The molecular weight excluding hydrogens is 258 g/mol. The molecule has 1 saturated carbocycles. The Hall–Kier alpha value is -2.51. The Kier molecular flexibility index (Phi) is 3.53. The molecule has 3 N–H and O–H groups in total. The van der Waals surface area contributed by atoms with Gasteiger partial charge in [-0.15, -0.1) is 5.10 Å². The van der Waals surface area contributed by atoms with Crippen molar-refractivity contribution < 1.29 is 4.79 Å². The van der Waals surface area contributed by atoms with Gasteiger partial charge in [-0.2, -0.15) is 4.98 Å². The maximum Gasteiger partial charge on any atom is 0.248 e. The maximum absolute atomic E-state index is 11.7. The smallest absolute Gasteiger partial charge is 0.248 e. The molecule has 2 aromatic rings. The van der Waals surface area contributed by atoms with Gasteiger partial charge in [0.1, 0.15) is 5.82 Å². The second-order valence-electron chi connectivity index (χ2n) is 4.62. The summed E-state index contributed by atoms with van der Waals surface area (Å²) in [7, 11) is 0. The van der Waals surface area contributed by atoms with E-state index in [1.54, 1.807) is 18.5 Å². The Bertz CT molecular complexity index is 579. The molecule has 0 spiro atoms. The number of anilines is 2. The molecule has 1 aliphatic rings. The van der Waals surface area contributed by atoms with Crippen LogP contribution >= 0.6 is 0 Å². The minimum atomic E-state index is -0.144. The third-order valence-corrected chi connectivity index (χ3v) is 2.92. The molecule has 1 aliphatic carbocycles. The van der Waals surface area contributed by atoms with Crippen molar-refractivity contribution in [1.82, 2.24) is 25.1 Å². The lowest BCUT2D eigenvalue weighted by atomic mass is 10.4. The van der Waals surface area contributed by atoms with Crippen LogP contribution in [0.2, 0.25) is 0 Å². The Labute approximate surface area is 115 Å². The van der Waals surface area contributed by atoms with Crippen LogP contribution < -0.4 is 10.6 Å². The van der Waals surface area contributed by atoms with Crippen LogP contribution in [0, 0.1) is 0 Å². The highest BCUT2D eigenvalue weighted by molar-refractivity contribution is 5.89. The first-order valence-corrected chi connectivity index (χ1v) is 6.54. The van der Waals surface area contributed by atoms with Gasteiger partial charge in [0.05, 0.1) is 0 Å².